The minimum absolute atomic E-state index is 0.0201. The third-order valence-corrected chi connectivity index (χ3v) is 5.62. The van der Waals surface area contributed by atoms with Crippen molar-refractivity contribution in [3.8, 4) is 11.1 Å². The van der Waals surface area contributed by atoms with E-state index in [2.05, 4.69) is 22.5 Å². The molecule has 1 heterocycles. The van der Waals surface area contributed by atoms with Gasteiger partial charge in [0.15, 0.2) is 0 Å². The molecule has 7 nitrogen and oxygen atoms in total. The van der Waals surface area contributed by atoms with Gasteiger partial charge in [0.2, 0.25) is 0 Å². The Morgan fingerprint density at radius 2 is 1.71 bits per heavy atom. The molecule has 0 saturated heterocycles. The monoisotopic (exact) mass is 419 g/mol. The molecule has 2 N–H and O–H groups in total. The second-order valence-corrected chi connectivity index (χ2v) is 8.01. The number of nitrogens with one attached hydrogen (secondary N) is 1. The first-order valence-electron chi connectivity index (χ1n) is 10.3. The maximum atomic E-state index is 12.4. The molecule has 4 rings (SSSR count). The number of nitrogens with zero attached hydrogens (tertiary/aromatic N) is 2. The number of hydrogen-bond donors (Lipinski definition) is 2. The lowest BCUT2D eigenvalue weighted by Crippen LogP contribution is -2.44. The van der Waals surface area contributed by atoms with Crippen LogP contribution in [0.3, 0.4) is 0 Å². The lowest BCUT2D eigenvalue weighted by Gasteiger charge is -2.17. The quantitative estimate of drug-likeness (QED) is 0.604. The first-order chi connectivity index (χ1) is 14.9. The zero-order valence-corrected chi connectivity index (χ0v) is 17.5. The number of hydrogen-bond acceptors (Lipinski definition) is 4. The summed E-state index contributed by atoms with van der Waals surface area (Å²) >= 11 is 0. The Kier molecular flexibility index (Phi) is 5.75. The van der Waals surface area contributed by atoms with E-state index in [4.69, 9.17) is 4.74 Å². The van der Waals surface area contributed by atoms with Gasteiger partial charge in [-0.15, -0.1) is 0 Å². The number of rotatable bonds is 7. The molecule has 31 heavy (non-hydrogen) atoms. The van der Waals surface area contributed by atoms with Crippen LogP contribution in [0.1, 0.15) is 42.4 Å². The Morgan fingerprint density at radius 3 is 2.26 bits per heavy atom. The molecular formula is C24H25N3O4. The molecular weight excluding hydrogens is 394 g/mol. The third-order valence-electron chi connectivity index (χ3n) is 5.62. The lowest BCUT2D eigenvalue weighted by molar-refractivity contribution is -0.139. The summed E-state index contributed by atoms with van der Waals surface area (Å²) < 4.78 is 6.98. The molecule has 160 valence electrons. The summed E-state index contributed by atoms with van der Waals surface area (Å²) in [6, 6.07) is 15.0. The topological polar surface area (TPSA) is 93.5 Å². The average molecular weight is 419 g/mol. The summed E-state index contributed by atoms with van der Waals surface area (Å²) in [5.74, 6) is -0.941. The first-order valence-corrected chi connectivity index (χ1v) is 10.3. The molecule has 1 amide bonds. The van der Waals surface area contributed by atoms with E-state index >= 15 is 0 Å². The van der Waals surface area contributed by atoms with Gasteiger partial charge in [-0.05, 0) is 33.7 Å². The number of ether oxygens (including phenoxy) is 1. The van der Waals surface area contributed by atoms with E-state index in [1.54, 1.807) is 12.4 Å². The number of alkyl carbamates (subject to hydrolysis) is 1. The Labute approximate surface area is 180 Å². The van der Waals surface area contributed by atoms with E-state index in [0.29, 0.717) is 0 Å². The van der Waals surface area contributed by atoms with Crippen molar-refractivity contribution in [2.45, 2.75) is 38.3 Å². The average Bonchev–Trinajstić information content (AvgIpc) is 3.35. The summed E-state index contributed by atoms with van der Waals surface area (Å²) in [7, 11) is 0. The number of amides is 1. The highest BCUT2D eigenvalue weighted by Gasteiger charge is 2.29. The SMILES string of the molecule is CC(C)c1cnn(CC(NC(=O)OCC2c3ccccc3-c3ccccc32)C(=O)O)c1. The number of carboxylic acid groups (broad SMARTS) is 1. The lowest BCUT2D eigenvalue weighted by atomic mass is 9.98. The van der Waals surface area contributed by atoms with Crippen molar-refractivity contribution >= 4 is 12.1 Å². The molecule has 1 atom stereocenters. The van der Waals surface area contributed by atoms with Gasteiger partial charge in [-0.25, -0.2) is 9.59 Å². The molecule has 1 aromatic heterocycles. The molecule has 2 aromatic carbocycles. The van der Waals surface area contributed by atoms with Crippen molar-refractivity contribution in [2.24, 2.45) is 0 Å². The van der Waals surface area contributed by atoms with Crippen LogP contribution in [0.2, 0.25) is 0 Å². The summed E-state index contributed by atoms with van der Waals surface area (Å²) in [4.78, 5) is 24.1. The number of aromatic nitrogens is 2. The minimum atomic E-state index is -1.14. The number of carbonyl (C=O) groups is 2. The van der Waals surface area contributed by atoms with E-state index in [0.717, 1.165) is 27.8 Å². The van der Waals surface area contributed by atoms with Crippen molar-refractivity contribution < 1.29 is 19.4 Å². The fourth-order valence-electron chi connectivity index (χ4n) is 3.93. The summed E-state index contributed by atoms with van der Waals surface area (Å²) in [5, 5.41) is 16.2. The molecule has 1 aliphatic carbocycles. The van der Waals surface area contributed by atoms with Gasteiger partial charge in [0.1, 0.15) is 12.6 Å². The van der Waals surface area contributed by atoms with Gasteiger partial charge in [0.05, 0.1) is 12.7 Å². The molecule has 0 fully saturated rings. The maximum absolute atomic E-state index is 12.4. The first kappa shape index (κ1) is 20.7. The summed E-state index contributed by atoms with van der Waals surface area (Å²) in [6.07, 6.45) is 2.74. The van der Waals surface area contributed by atoms with E-state index in [1.807, 2.05) is 50.2 Å². The van der Waals surface area contributed by atoms with Crippen molar-refractivity contribution in [3.05, 3.63) is 77.6 Å². The van der Waals surface area contributed by atoms with Crippen molar-refractivity contribution in [3.63, 3.8) is 0 Å². The summed E-state index contributed by atoms with van der Waals surface area (Å²) in [6.45, 7) is 4.22. The standard InChI is InChI=1S/C24H25N3O4/c1-15(2)16-11-25-27(12-16)13-22(23(28)29)26-24(30)31-14-21-19-9-5-3-7-17(19)18-8-4-6-10-20(18)21/h3-12,15,21-22H,13-14H2,1-2H3,(H,26,30)(H,28,29). The number of carboxylic acids is 1. The largest absolute Gasteiger partial charge is 0.480 e. The van der Waals surface area contributed by atoms with Crippen LogP contribution in [-0.4, -0.2) is 39.6 Å². The highest BCUT2D eigenvalue weighted by molar-refractivity contribution is 5.81. The van der Waals surface area contributed by atoms with Crippen LogP contribution in [0.15, 0.2) is 60.9 Å². The molecule has 0 saturated carbocycles. The second kappa shape index (κ2) is 8.63. The summed E-state index contributed by atoms with van der Waals surface area (Å²) in [5.41, 5.74) is 5.48. The molecule has 0 radical (unpaired) electrons. The van der Waals surface area contributed by atoms with E-state index in [-0.39, 0.29) is 25.0 Å². The van der Waals surface area contributed by atoms with Gasteiger partial charge < -0.3 is 15.2 Å². The van der Waals surface area contributed by atoms with Crippen LogP contribution in [0.5, 0.6) is 0 Å². The molecule has 0 bridgehead atoms. The molecule has 0 spiro atoms. The highest BCUT2D eigenvalue weighted by atomic mass is 16.5. The Bertz CT molecular complexity index is 1060. The number of fused-ring (bicyclic) bond motifs is 3. The van der Waals surface area contributed by atoms with Gasteiger partial charge in [0, 0.05) is 12.1 Å². The van der Waals surface area contributed by atoms with E-state index in [9.17, 15) is 14.7 Å². The predicted octanol–water partition coefficient (Wildman–Crippen LogP) is 4.00. The molecule has 7 heteroatoms. The van der Waals surface area contributed by atoms with Crippen LogP contribution in [0.25, 0.3) is 11.1 Å². The van der Waals surface area contributed by atoms with Gasteiger partial charge >= 0.3 is 12.1 Å². The second-order valence-electron chi connectivity index (χ2n) is 8.01. The van der Waals surface area contributed by atoms with Gasteiger partial charge in [-0.3, -0.25) is 4.68 Å². The van der Waals surface area contributed by atoms with Crippen LogP contribution in [-0.2, 0) is 16.1 Å². The Hall–Kier alpha value is -3.61. The molecule has 0 aliphatic heterocycles. The molecule has 1 unspecified atom stereocenters. The van der Waals surface area contributed by atoms with Crippen LogP contribution >= 0.6 is 0 Å². The zero-order chi connectivity index (χ0) is 22.0. The van der Waals surface area contributed by atoms with Crippen LogP contribution in [0.4, 0.5) is 4.79 Å². The van der Waals surface area contributed by atoms with E-state index in [1.165, 1.54) is 4.68 Å². The fraction of sp³-hybridized carbons (Fsp3) is 0.292. The smallest absolute Gasteiger partial charge is 0.407 e. The van der Waals surface area contributed by atoms with Crippen molar-refractivity contribution in [2.75, 3.05) is 6.61 Å². The zero-order valence-electron chi connectivity index (χ0n) is 17.5. The van der Waals surface area contributed by atoms with Crippen molar-refractivity contribution in [1.29, 1.82) is 0 Å². The Morgan fingerprint density at radius 1 is 1.10 bits per heavy atom. The molecule has 1 aliphatic rings. The minimum Gasteiger partial charge on any atom is -0.480 e. The predicted molar refractivity (Wildman–Crippen MR) is 116 cm³/mol. The number of benzene rings is 2. The van der Waals surface area contributed by atoms with Crippen molar-refractivity contribution in [1.82, 2.24) is 15.1 Å². The number of carbonyl (C=O) groups excluding carboxylic acids is 1. The molecule has 3 aromatic rings. The van der Waals surface area contributed by atoms with E-state index < -0.39 is 18.1 Å². The number of aliphatic carboxylic acids is 1. The van der Waals surface area contributed by atoms with Gasteiger partial charge in [-0.2, -0.15) is 5.10 Å². The van der Waals surface area contributed by atoms with Gasteiger partial charge in [-0.1, -0.05) is 62.4 Å². The fourth-order valence-corrected chi connectivity index (χ4v) is 3.93. The highest BCUT2D eigenvalue weighted by Crippen LogP contribution is 2.44. The normalized spacial score (nSPS) is 13.5. The Balaban J connectivity index is 1.41. The maximum Gasteiger partial charge on any atom is 0.407 e. The third kappa shape index (κ3) is 4.30. The van der Waals surface area contributed by atoms with Crippen LogP contribution in [0, 0.1) is 0 Å². The van der Waals surface area contributed by atoms with Crippen LogP contribution < -0.4 is 5.32 Å². The van der Waals surface area contributed by atoms with Gasteiger partial charge in [0.25, 0.3) is 0 Å².